The zero-order chi connectivity index (χ0) is 15.2. The van der Waals surface area contributed by atoms with E-state index in [1.54, 1.807) is 6.07 Å². The van der Waals surface area contributed by atoms with Crippen LogP contribution in [0.2, 0.25) is 0 Å². The molecule has 2 rings (SSSR count). The second-order valence-corrected chi connectivity index (χ2v) is 5.38. The number of carbonyl (C=O) groups excluding carboxylic acids is 1. The number of hydrogen-bond donors (Lipinski definition) is 3. The van der Waals surface area contributed by atoms with Crippen LogP contribution in [0, 0.1) is 6.92 Å². The average Bonchev–Trinajstić information content (AvgIpc) is 2.88. The Labute approximate surface area is 124 Å². The van der Waals surface area contributed by atoms with Crippen LogP contribution in [0.1, 0.15) is 36.8 Å². The molecule has 0 aromatic heterocycles. The third-order valence-electron chi connectivity index (χ3n) is 3.47. The first kappa shape index (κ1) is 15.1. The van der Waals surface area contributed by atoms with Gasteiger partial charge in [0.25, 0.3) is 0 Å². The van der Waals surface area contributed by atoms with Crippen LogP contribution in [0.4, 0.5) is 10.5 Å². The predicted octanol–water partition coefficient (Wildman–Crippen LogP) is 3.16. The Balaban J connectivity index is 2.01. The molecule has 2 amide bonds. The molecule has 0 radical (unpaired) electrons. The Morgan fingerprint density at radius 3 is 2.62 bits per heavy atom. The smallest absolute Gasteiger partial charge is 0.328 e. The standard InChI is InChI=1S/C16H20N2O3/c1-11-8-12(6-7-15(19)20)10-14(9-11)18-16(21)17-13-4-2-3-5-13/h6-10,13H,2-5H2,1H3,(H,19,20)(H2,17,18,21)/b7-6+. The fraction of sp³-hybridized carbons (Fsp3) is 0.375. The molecular formula is C16H20N2O3. The van der Waals surface area contributed by atoms with E-state index in [2.05, 4.69) is 10.6 Å². The third kappa shape index (κ3) is 4.95. The topological polar surface area (TPSA) is 78.4 Å². The summed E-state index contributed by atoms with van der Waals surface area (Å²) in [6.45, 7) is 1.90. The molecule has 1 aliphatic carbocycles. The summed E-state index contributed by atoms with van der Waals surface area (Å²) in [4.78, 5) is 22.5. The summed E-state index contributed by atoms with van der Waals surface area (Å²) in [6.07, 6.45) is 6.99. The van der Waals surface area contributed by atoms with Crippen LogP contribution in [0.15, 0.2) is 24.3 Å². The number of rotatable bonds is 4. The summed E-state index contributed by atoms with van der Waals surface area (Å²) in [5.74, 6) is -0.995. The van der Waals surface area contributed by atoms with Crippen LogP contribution in [0.25, 0.3) is 6.08 Å². The molecule has 1 aromatic carbocycles. The minimum absolute atomic E-state index is 0.208. The van der Waals surface area contributed by atoms with Crippen LogP contribution in [-0.4, -0.2) is 23.1 Å². The predicted molar refractivity (Wildman–Crippen MR) is 82.3 cm³/mol. The number of nitrogens with one attached hydrogen (secondary N) is 2. The first-order valence-corrected chi connectivity index (χ1v) is 7.13. The molecule has 0 spiro atoms. The quantitative estimate of drug-likeness (QED) is 0.745. The molecule has 1 saturated carbocycles. The number of aliphatic carboxylic acids is 1. The highest BCUT2D eigenvalue weighted by atomic mass is 16.4. The summed E-state index contributed by atoms with van der Waals surface area (Å²) in [5, 5.41) is 14.4. The molecule has 0 atom stereocenters. The summed E-state index contributed by atoms with van der Waals surface area (Å²) in [7, 11) is 0. The Morgan fingerprint density at radius 1 is 1.24 bits per heavy atom. The van der Waals surface area contributed by atoms with Crippen molar-refractivity contribution in [3.63, 3.8) is 0 Å². The summed E-state index contributed by atoms with van der Waals surface area (Å²) >= 11 is 0. The van der Waals surface area contributed by atoms with Crippen molar-refractivity contribution in [3.8, 4) is 0 Å². The highest BCUT2D eigenvalue weighted by Crippen LogP contribution is 2.19. The second-order valence-electron chi connectivity index (χ2n) is 5.38. The Hall–Kier alpha value is -2.30. The van der Waals surface area contributed by atoms with Gasteiger partial charge < -0.3 is 15.7 Å². The van der Waals surface area contributed by atoms with Gasteiger partial charge in [0.2, 0.25) is 0 Å². The normalized spacial score (nSPS) is 15.3. The molecule has 0 saturated heterocycles. The lowest BCUT2D eigenvalue weighted by Gasteiger charge is -2.13. The van der Waals surface area contributed by atoms with E-state index in [4.69, 9.17) is 5.11 Å². The number of benzene rings is 1. The van der Waals surface area contributed by atoms with E-state index in [1.165, 1.54) is 18.9 Å². The summed E-state index contributed by atoms with van der Waals surface area (Å²) < 4.78 is 0. The van der Waals surface area contributed by atoms with Gasteiger partial charge >= 0.3 is 12.0 Å². The molecule has 0 heterocycles. The molecule has 0 unspecified atom stereocenters. The van der Waals surface area contributed by atoms with Crippen molar-refractivity contribution in [2.45, 2.75) is 38.6 Å². The number of hydrogen-bond acceptors (Lipinski definition) is 2. The van der Waals surface area contributed by atoms with E-state index in [9.17, 15) is 9.59 Å². The molecule has 0 bridgehead atoms. The average molecular weight is 288 g/mol. The van der Waals surface area contributed by atoms with Crippen molar-refractivity contribution in [1.29, 1.82) is 0 Å². The van der Waals surface area contributed by atoms with E-state index in [0.717, 1.165) is 30.0 Å². The lowest BCUT2D eigenvalue weighted by molar-refractivity contribution is -0.131. The van der Waals surface area contributed by atoms with Gasteiger partial charge in [-0.05, 0) is 49.1 Å². The van der Waals surface area contributed by atoms with Crippen LogP contribution >= 0.6 is 0 Å². The molecule has 5 nitrogen and oxygen atoms in total. The second kappa shape index (κ2) is 6.92. The van der Waals surface area contributed by atoms with Gasteiger partial charge in [-0.1, -0.05) is 18.9 Å². The zero-order valence-electron chi connectivity index (χ0n) is 12.1. The van der Waals surface area contributed by atoms with Crippen molar-refractivity contribution in [3.05, 3.63) is 35.4 Å². The van der Waals surface area contributed by atoms with Crippen LogP contribution in [0.5, 0.6) is 0 Å². The molecular weight excluding hydrogens is 268 g/mol. The van der Waals surface area contributed by atoms with E-state index >= 15 is 0 Å². The van der Waals surface area contributed by atoms with Crippen LogP contribution < -0.4 is 10.6 Å². The van der Waals surface area contributed by atoms with Gasteiger partial charge in [0.05, 0.1) is 0 Å². The number of anilines is 1. The number of amides is 2. The zero-order valence-corrected chi connectivity index (χ0v) is 12.1. The molecule has 0 aliphatic heterocycles. The van der Waals surface area contributed by atoms with Crippen LogP contribution in [-0.2, 0) is 4.79 Å². The molecule has 21 heavy (non-hydrogen) atoms. The number of carboxylic acid groups (broad SMARTS) is 1. The van der Waals surface area contributed by atoms with E-state index in [1.807, 2.05) is 19.1 Å². The number of carbonyl (C=O) groups is 2. The van der Waals surface area contributed by atoms with Crippen molar-refractivity contribution < 1.29 is 14.7 Å². The SMILES string of the molecule is Cc1cc(/C=C/C(=O)O)cc(NC(=O)NC2CCCC2)c1. The maximum atomic E-state index is 11.9. The van der Waals surface area contributed by atoms with Gasteiger partial charge in [-0.2, -0.15) is 0 Å². The lowest BCUT2D eigenvalue weighted by atomic mass is 10.1. The van der Waals surface area contributed by atoms with Gasteiger partial charge in [-0.15, -0.1) is 0 Å². The van der Waals surface area contributed by atoms with E-state index in [0.29, 0.717) is 5.69 Å². The fourth-order valence-corrected chi connectivity index (χ4v) is 2.57. The molecule has 1 fully saturated rings. The van der Waals surface area contributed by atoms with Gasteiger partial charge in [0.1, 0.15) is 0 Å². The molecule has 1 aliphatic rings. The Bertz CT molecular complexity index is 561. The highest BCUT2D eigenvalue weighted by Gasteiger charge is 2.16. The summed E-state index contributed by atoms with van der Waals surface area (Å²) in [6, 6.07) is 5.52. The van der Waals surface area contributed by atoms with Crippen molar-refractivity contribution >= 4 is 23.8 Å². The van der Waals surface area contributed by atoms with Gasteiger partial charge in [0, 0.05) is 17.8 Å². The van der Waals surface area contributed by atoms with Gasteiger partial charge in [-0.25, -0.2) is 9.59 Å². The molecule has 112 valence electrons. The van der Waals surface area contributed by atoms with E-state index in [-0.39, 0.29) is 12.1 Å². The van der Waals surface area contributed by atoms with Crippen LogP contribution in [0.3, 0.4) is 0 Å². The lowest BCUT2D eigenvalue weighted by Crippen LogP contribution is -2.36. The maximum Gasteiger partial charge on any atom is 0.328 e. The largest absolute Gasteiger partial charge is 0.478 e. The molecule has 3 N–H and O–H groups in total. The van der Waals surface area contributed by atoms with Gasteiger partial charge in [-0.3, -0.25) is 0 Å². The highest BCUT2D eigenvalue weighted by molar-refractivity contribution is 5.90. The third-order valence-corrected chi connectivity index (χ3v) is 3.47. The molecule has 1 aromatic rings. The minimum atomic E-state index is -0.995. The first-order chi connectivity index (χ1) is 10.0. The number of carboxylic acids is 1. The van der Waals surface area contributed by atoms with Crippen molar-refractivity contribution in [2.75, 3.05) is 5.32 Å². The van der Waals surface area contributed by atoms with E-state index < -0.39 is 5.97 Å². The Morgan fingerprint density at radius 2 is 1.95 bits per heavy atom. The molecule has 5 heteroatoms. The number of urea groups is 1. The first-order valence-electron chi connectivity index (χ1n) is 7.13. The Kier molecular flexibility index (Phi) is 4.98. The minimum Gasteiger partial charge on any atom is -0.478 e. The summed E-state index contributed by atoms with van der Waals surface area (Å²) in [5.41, 5.74) is 2.36. The van der Waals surface area contributed by atoms with Crippen molar-refractivity contribution in [2.24, 2.45) is 0 Å². The van der Waals surface area contributed by atoms with Gasteiger partial charge in [0.15, 0.2) is 0 Å². The monoisotopic (exact) mass is 288 g/mol. The van der Waals surface area contributed by atoms with Crippen molar-refractivity contribution in [1.82, 2.24) is 5.32 Å². The fourth-order valence-electron chi connectivity index (χ4n) is 2.57. The number of aryl methyl sites for hydroxylation is 1. The maximum absolute atomic E-state index is 11.9.